The first-order valence-electron chi connectivity index (χ1n) is 6.08. The molecule has 1 saturated heterocycles. The van der Waals surface area contributed by atoms with Crippen LogP contribution < -0.4 is 10.2 Å². The summed E-state index contributed by atoms with van der Waals surface area (Å²) in [4.78, 5) is 2.23. The van der Waals surface area contributed by atoms with Crippen LogP contribution in [0.4, 0.5) is 15.8 Å². The molecule has 0 radical (unpaired) electrons. The molecular formula is C13H19FN2O. The Balaban J connectivity index is 2.12. The molecule has 1 aromatic carbocycles. The second kappa shape index (κ2) is 5.87. The van der Waals surface area contributed by atoms with Crippen LogP contribution in [0.5, 0.6) is 0 Å². The van der Waals surface area contributed by atoms with Crippen molar-refractivity contribution in [3.8, 4) is 0 Å². The predicted molar refractivity (Wildman–Crippen MR) is 68.2 cm³/mol. The van der Waals surface area contributed by atoms with Gasteiger partial charge in [0.05, 0.1) is 18.0 Å². The third-order valence-electron chi connectivity index (χ3n) is 3.03. The van der Waals surface area contributed by atoms with Gasteiger partial charge in [0.25, 0.3) is 0 Å². The lowest BCUT2D eigenvalue weighted by Gasteiger charge is -2.22. The zero-order valence-corrected chi connectivity index (χ0v) is 10.2. The first-order chi connectivity index (χ1) is 8.31. The van der Waals surface area contributed by atoms with Crippen LogP contribution in [-0.4, -0.2) is 33.4 Å². The molecule has 3 nitrogen and oxygen atoms in total. The molecule has 0 unspecified atom stereocenters. The Morgan fingerprint density at radius 3 is 2.82 bits per heavy atom. The highest BCUT2D eigenvalue weighted by Gasteiger charge is 2.16. The molecule has 0 saturated carbocycles. The van der Waals surface area contributed by atoms with Crippen LogP contribution in [0.2, 0.25) is 0 Å². The standard InChI is InChI=1S/C13H19FN2O/c1-17-9-6-15-12-5-4-11(14)10-13(12)16-7-2-3-8-16/h4-5,10,15H,2-3,6-9H2,1H3. The molecule has 0 aliphatic carbocycles. The van der Waals surface area contributed by atoms with Gasteiger partial charge in [-0.3, -0.25) is 0 Å². The topological polar surface area (TPSA) is 24.5 Å². The van der Waals surface area contributed by atoms with E-state index in [2.05, 4.69) is 10.2 Å². The number of anilines is 2. The summed E-state index contributed by atoms with van der Waals surface area (Å²) in [5, 5.41) is 3.28. The van der Waals surface area contributed by atoms with E-state index in [9.17, 15) is 4.39 Å². The summed E-state index contributed by atoms with van der Waals surface area (Å²) in [6, 6.07) is 4.91. The van der Waals surface area contributed by atoms with Crippen LogP contribution in [0, 0.1) is 5.82 Å². The van der Waals surface area contributed by atoms with Crippen molar-refractivity contribution in [1.29, 1.82) is 0 Å². The zero-order chi connectivity index (χ0) is 12.1. The maximum Gasteiger partial charge on any atom is 0.125 e. The van der Waals surface area contributed by atoms with E-state index >= 15 is 0 Å². The van der Waals surface area contributed by atoms with Crippen LogP contribution in [-0.2, 0) is 4.74 Å². The highest BCUT2D eigenvalue weighted by molar-refractivity contribution is 5.70. The molecule has 0 atom stereocenters. The minimum Gasteiger partial charge on any atom is -0.383 e. The number of rotatable bonds is 5. The SMILES string of the molecule is COCCNc1ccc(F)cc1N1CCCC1. The minimum atomic E-state index is -0.177. The third-order valence-corrected chi connectivity index (χ3v) is 3.03. The van der Waals surface area contributed by atoms with Crippen LogP contribution in [0.15, 0.2) is 18.2 Å². The Kier molecular flexibility index (Phi) is 4.20. The van der Waals surface area contributed by atoms with Gasteiger partial charge in [-0.1, -0.05) is 0 Å². The zero-order valence-electron chi connectivity index (χ0n) is 10.2. The number of hydrogen-bond donors (Lipinski definition) is 1. The van der Waals surface area contributed by atoms with E-state index in [0.29, 0.717) is 6.61 Å². The summed E-state index contributed by atoms with van der Waals surface area (Å²) in [6.45, 7) is 3.42. The van der Waals surface area contributed by atoms with E-state index < -0.39 is 0 Å². The predicted octanol–water partition coefficient (Wildman–Crippen LogP) is 2.48. The Bertz CT molecular complexity index is 364. The van der Waals surface area contributed by atoms with Crippen molar-refractivity contribution in [2.45, 2.75) is 12.8 Å². The number of ether oxygens (including phenoxy) is 1. The number of benzene rings is 1. The summed E-state index contributed by atoms with van der Waals surface area (Å²) < 4.78 is 18.3. The van der Waals surface area contributed by atoms with Crippen molar-refractivity contribution in [2.75, 3.05) is 43.6 Å². The Hall–Kier alpha value is -1.29. The lowest BCUT2D eigenvalue weighted by molar-refractivity contribution is 0.211. The van der Waals surface area contributed by atoms with Gasteiger partial charge in [-0.15, -0.1) is 0 Å². The molecule has 0 amide bonds. The van der Waals surface area contributed by atoms with E-state index in [0.717, 1.165) is 31.0 Å². The van der Waals surface area contributed by atoms with Crippen LogP contribution in [0.1, 0.15) is 12.8 Å². The second-order valence-corrected chi connectivity index (χ2v) is 4.28. The Labute approximate surface area is 102 Å². The van der Waals surface area contributed by atoms with E-state index in [-0.39, 0.29) is 5.82 Å². The van der Waals surface area contributed by atoms with E-state index in [4.69, 9.17) is 4.74 Å². The molecule has 0 spiro atoms. The first kappa shape index (κ1) is 12.2. The molecule has 1 fully saturated rings. The molecule has 1 aliphatic rings. The number of nitrogens with one attached hydrogen (secondary N) is 1. The van der Waals surface area contributed by atoms with Crippen LogP contribution in [0.3, 0.4) is 0 Å². The number of methoxy groups -OCH3 is 1. The number of hydrogen-bond acceptors (Lipinski definition) is 3. The third kappa shape index (κ3) is 3.09. The summed E-state index contributed by atoms with van der Waals surface area (Å²) in [5.74, 6) is -0.177. The fourth-order valence-corrected chi connectivity index (χ4v) is 2.16. The van der Waals surface area contributed by atoms with Gasteiger partial charge in [0.2, 0.25) is 0 Å². The average Bonchev–Trinajstić information content (AvgIpc) is 2.85. The largest absolute Gasteiger partial charge is 0.383 e. The number of halogens is 1. The lowest BCUT2D eigenvalue weighted by atomic mass is 10.2. The van der Waals surface area contributed by atoms with Crippen molar-refractivity contribution in [1.82, 2.24) is 0 Å². The van der Waals surface area contributed by atoms with Crippen LogP contribution in [0.25, 0.3) is 0 Å². The van der Waals surface area contributed by atoms with Gasteiger partial charge in [-0.2, -0.15) is 0 Å². The van der Waals surface area contributed by atoms with E-state index in [1.54, 1.807) is 19.2 Å². The molecule has 1 N–H and O–H groups in total. The van der Waals surface area contributed by atoms with Crippen molar-refractivity contribution < 1.29 is 9.13 Å². The minimum absolute atomic E-state index is 0.177. The lowest BCUT2D eigenvalue weighted by Crippen LogP contribution is -2.20. The van der Waals surface area contributed by atoms with Crippen molar-refractivity contribution >= 4 is 11.4 Å². The molecule has 17 heavy (non-hydrogen) atoms. The van der Waals surface area contributed by atoms with E-state index in [1.165, 1.54) is 18.9 Å². The molecular weight excluding hydrogens is 219 g/mol. The molecule has 4 heteroatoms. The summed E-state index contributed by atoms with van der Waals surface area (Å²) in [5.41, 5.74) is 1.96. The highest BCUT2D eigenvalue weighted by atomic mass is 19.1. The van der Waals surface area contributed by atoms with Gasteiger partial charge in [0.1, 0.15) is 5.82 Å². The Morgan fingerprint density at radius 1 is 1.35 bits per heavy atom. The summed E-state index contributed by atoms with van der Waals surface area (Å²) >= 11 is 0. The monoisotopic (exact) mass is 238 g/mol. The normalized spacial score (nSPS) is 15.3. The first-order valence-corrected chi connectivity index (χ1v) is 6.08. The highest BCUT2D eigenvalue weighted by Crippen LogP contribution is 2.29. The quantitative estimate of drug-likeness (QED) is 0.798. The smallest absolute Gasteiger partial charge is 0.125 e. The summed E-state index contributed by atoms with van der Waals surface area (Å²) in [7, 11) is 1.67. The van der Waals surface area contributed by atoms with Gasteiger partial charge in [-0.25, -0.2) is 4.39 Å². The molecule has 1 aromatic rings. The fraction of sp³-hybridized carbons (Fsp3) is 0.538. The van der Waals surface area contributed by atoms with Gasteiger partial charge >= 0.3 is 0 Å². The average molecular weight is 238 g/mol. The molecule has 2 rings (SSSR count). The molecule has 1 aliphatic heterocycles. The molecule has 94 valence electrons. The van der Waals surface area contributed by atoms with Gasteiger partial charge in [0, 0.05) is 26.7 Å². The van der Waals surface area contributed by atoms with Crippen LogP contribution >= 0.6 is 0 Å². The van der Waals surface area contributed by atoms with E-state index in [1.807, 2.05) is 0 Å². The van der Waals surface area contributed by atoms with Gasteiger partial charge in [0.15, 0.2) is 0 Å². The Morgan fingerprint density at radius 2 is 2.12 bits per heavy atom. The molecule has 0 aromatic heterocycles. The summed E-state index contributed by atoms with van der Waals surface area (Å²) in [6.07, 6.45) is 2.38. The molecule has 1 heterocycles. The maximum absolute atomic E-state index is 13.3. The molecule has 0 bridgehead atoms. The van der Waals surface area contributed by atoms with Gasteiger partial charge in [-0.05, 0) is 31.0 Å². The number of nitrogens with zero attached hydrogens (tertiary/aromatic N) is 1. The van der Waals surface area contributed by atoms with Crippen molar-refractivity contribution in [3.63, 3.8) is 0 Å². The van der Waals surface area contributed by atoms with Crippen molar-refractivity contribution in [2.24, 2.45) is 0 Å². The second-order valence-electron chi connectivity index (χ2n) is 4.28. The fourth-order valence-electron chi connectivity index (χ4n) is 2.16. The van der Waals surface area contributed by atoms with Gasteiger partial charge < -0.3 is 15.0 Å². The maximum atomic E-state index is 13.3. The van der Waals surface area contributed by atoms with Crippen molar-refractivity contribution in [3.05, 3.63) is 24.0 Å².